The van der Waals surface area contributed by atoms with E-state index in [2.05, 4.69) is 0 Å². The Labute approximate surface area is 129 Å². The standard InChI is InChI=1S/C18H18O4/c1-22-17-10-6-5-9-14(17)18(21)16(20)12-11-15(19)13-7-3-2-4-8-13/h2-10,16,20H,11-12H2,1H3/t16-/m1/s1. The van der Waals surface area contributed by atoms with Crippen LogP contribution in [0.5, 0.6) is 5.75 Å². The van der Waals surface area contributed by atoms with Crippen LogP contribution < -0.4 is 4.74 Å². The number of para-hydroxylation sites is 1. The smallest absolute Gasteiger partial charge is 0.194 e. The number of aliphatic hydroxyl groups excluding tert-OH is 1. The van der Waals surface area contributed by atoms with Gasteiger partial charge < -0.3 is 9.84 Å². The van der Waals surface area contributed by atoms with Gasteiger partial charge in [0.2, 0.25) is 0 Å². The van der Waals surface area contributed by atoms with Crippen molar-refractivity contribution in [2.24, 2.45) is 0 Å². The highest BCUT2D eigenvalue weighted by atomic mass is 16.5. The lowest BCUT2D eigenvalue weighted by Gasteiger charge is -2.12. The molecule has 0 amide bonds. The Bertz CT molecular complexity index is 649. The second-order valence-corrected chi connectivity index (χ2v) is 4.91. The molecule has 0 unspecified atom stereocenters. The van der Waals surface area contributed by atoms with Gasteiger partial charge in [-0.25, -0.2) is 0 Å². The highest BCUT2D eigenvalue weighted by Gasteiger charge is 2.21. The van der Waals surface area contributed by atoms with Gasteiger partial charge in [-0.15, -0.1) is 0 Å². The number of hydrogen-bond donors (Lipinski definition) is 1. The molecule has 2 aromatic rings. The van der Waals surface area contributed by atoms with Gasteiger partial charge >= 0.3 is 0 Å². The van der Waals surface area contributed by atoms with Crippen molar-refractivity contribution in [1.82, 2.24) is 0 Å². The van der Waals surface area contributed by atoms with Crippen LogP contribution in [-0.2, 0) is 0 Å². The normalized spacial score (nSPS) is 11.7. The van der Waals surface area contributed by atoms with Gasteiger partial charge in [-0.2, -0.15) is 0 Å². The predicted molar refractivity (Wildman–Crippen MR) is 83.3 cm³/mol. The van der Waals surface area contributed by atoms with Crippen molar-refractivity contribution in [3.8, 4) is 5.75 Å². The molecule has 0 spiro atoms. The van der Waals surface area contributed by atoms with Crippen LogP contribution in [-0.4, -0.2) is 29.9 Å². The van der Waals surface area contributed by atoms with E-state index in [0.29, 0.717) is 16.9 Å². The molecule has 2 aromatic carbocycles. The van der Waals surface area contributed by atoms with Crippen molar-refractivity contribution in [3.63, 3.8) is 0 Å². The van der Waals surface area contributed by atoms with Crippen LogP contribution in [0.4, 0.5) is 0 Å². The third-order valence-electron chi connectivity index (χ3n) is 3.42. The number of hydrogen-bond acceptors (Lipinski definition) is 4. The fourth-order valence-corrected chi connectivity index (χ4v) is 2.19. The molecule has 22 heavy (non-hydrogen) atoms. The average Bonchev–Trinajstić information content (AvgIpc) is 2.59. The molecule has 114 valence electrons. The lowest BCUT2D eigenvalue weighted by atomic mass is 9.99. The molecule has 0 aromatic heterocycles. The topological polar surface area (TPSA) is 63.6 Å². The zero-order chi connectivity index (χ0) is 15.9. The van der Waals surface area contributed by atoms with Crippen molar-refractivity contribution in [3.05, 3.63) is 65.7 Å². The largest absolute Gasteiger partial charge is 0.496 e. The first-order chi connectivity index (χ1) is 10.6. The minimum absolute atomic E-state index is 0.0879. The van der Waals surface area contributed by atoms with Crippen molar-refractivity contribution in [2.45, 2.75) is 18.9 Å². The number of aliphatic hydroxyl groups is 1. The van der Waals surface area contributed by atoms with Gasteiger partial charge in [0.1, 0.15) is 11.9 Å². The Morgan fingerprint density at radius 1 is 1.05 bits per heavy atom. The van der Waals surface area contributed by atoms with E-state index in [0.717, 1.165) is 0 Å². The average molecular weight is 298 g/mol. The minimum Gasteiger partial charge on any atom is -0.496 e. The molecular formula is C18H18O4. The minimum atomic E-state index is -1.22. The number of methoxy groups -OCH3 is 1. The lowest BCUT2D eigenvalue weighted by molar-refractivity contribution is 0.0712. The van der Waals surface area contributed by atoms with E-state index in [-0.39, 0.29) is 18.6 Å². The molecule has 0 saturated carbocycles. The molecule has 0 radical (unpaired) electrons. The second-order valence-electron chi connectivity index (χ2n) is 4.91. The lowest BCUT2D eigenvalue weighted by Crippen LogP contribution is -2.22. The number of ketones is 2. The number of benzene rings is 2. The molecule has 4 heteroatoms. The third-order valence-corrected chi connectivity index (χ3v) is 3.42. The molecule has 0 fully saturated rings. The fraction of sp³-hybridized carbons (Fsp3) is 0.222. The Hall–Kier alpha value is -2.46. The summed E-state index contributed by atoms with van der Waals surface area (Å²) in [6.07, 6.45) is -1.01. The maximum absolute atomic E-state index is 12.2. The maximum atomic E-state index is 12.2. The van der Waals surface area contributed by atoms with Crippen LogP contribution in [0.1, 0.15) is 33.6 Å². The van der Waals surface area contributed by atoms with Gasteiger partial charge in [-0.05, 0) is 18.6 Å². The van der Waals surface area contributed by atoms with Crippen molar-refractivity contribution < 1.29 is 19.4 Å². The number of rotatable bonds is 7. The highest BCUT2D eigenvalue weighted by molar-refractivity contribution is 6.02. The summed E-state index contributed by atoms with van der Waals surface area (Å²) in [5.41, 5.74) is 0.907. The Morgan fingerprint density at radius 3 is 2.36 bits per heavy atom. The van der Waals surface area contributed by atoms with Crippen molar-refractivity contribution in [1.29, 1.82) is 0 Å². The zero-order valence-corrected chi connectivity index (χ0v) is 12.4. The van der Waals surface area contributed by atoms with Crippen LogP contribution >= 0.6 is 0 Å². The highest BCUT2D eigenvalue weighted by Crippen LogP contribution is 2.20. The molecule has 0 aliphatic carbocycles. The summed E-state index contributed by atoms with van der Waals surface area (Å²) in [5, 5.41) is 10.0. The fourth-order valence-electron chi connectivity index (χ4n) is 2.19. The van der Waals surface area contributed by atoms with Gasteiger partial charge in [0, 0.05) is 12.0 Å². The van der Waals surface area contributed by atoms with Crippen molar-refractivity contribution >= 4 is 11.6 Å². The van der Waals surface area contributed by atoms with Gasteiger partial charge in [0.25, 0.3) is 0 Å². The Morgan fingerprint density at radius 2 is 1.68 bits per heavy atom. The van der Waals surface area contributed by atoms with Crippen LogP contribution in [0.3, 0.4) is 0 Å². The first-order valence-corrected chi connectivity index (χ1v) is 7.07. The molecule has 4 nitrogen and oxygen atoms in total. The second kappa shape index (κ2) is 7.52. The Kier molecular flexibility index (Phi) is 5.44. The summed E-state index contributed by atoms with van der Waals surface area (Å²) in [6.45, 7) is 0. The van der Waals surface area contributed by atoms with Crippen LogP contribution in [0.15, 0.2) is 54.6 Å². The molecule has 0 bridgehead atoms. The molecule has 1 atom stereocenters. The zero-order valence-electron chi connectivity index (χ0n) is 12.4. The van der Waals surface area contributed by atoms with Crippen LogP contribution in [0, 0.1) is 0 Å². The monoisotopic (exact) mass is 298 g/mol. The van der Waals surface area contributed by atoms with Gasteiger partial charge in [-0.1, -0.05) is 42.5 Å². The molecule has 0 saturated heterocycles. The summed E-state index contributed by atoms with van der Waals surface area (Å²) in [4.78, 5) is 24.2. The number of ether oxygens (including phenoxy) is 1. The molecule has 0 aliphatic heterocycles. The van der Waals surface area contributed by atoms with Gasteiger partial charge in [-0.3, -0.25) is 9.59 Å². The summed E-state index contributed by atoms with van der Waals surface area (Å²) in [7, 11) is 1.47. The molecular weight excluding hydrogens is 280 g/mol. The summed E-state index contributed by atoms with van der Waals surface area (Å²) >= 11 is 0. The summed E-state index contributed by atoms with van der Waals surface area (Å²) in [5.74, 6) is -0.105. The SMILES string of the molecule is COc1ccccc1C(=O)[C@H](O)CCC(=O)c1ccccc1. The molecule has 0 aliphatic rings. The van der Waals surface area contributed by atoms with Gasteiger partial charge in [0.15, 0.2) is 11.6 Å². The van der Waals surface area contributed by atoms with E-state index in [1.54, 1.807) is 48.5 Å². The van der Waals surface area contributed by atoms with E-state index in [4.69, 9.17) is 4.74 Å². The number of carbonyl (C=O) groups excluding carboxylic acids is 2. The first-order valence-electron chi connectivity index (χ1n) is 7.07. The van der Waals surface area contributed by atoms with Crippen molar-refractivity contribution in [2.75, 3.05) is 7.11 Å². The summed E-state index contributed by atoms with van der Waals surface area (Å²) in [6, 6.07) is 15.6. The van der Waals surface area contributed by atoms with E-state index >= 15 is 0 Å². The van der Waals surface area contributed by atoms with Gasteiger partial charge in [0.05, 0.1) is 12.7 Å². The number of Topliss-reactive ketones (excluding diaryl/α,β-unsaturated/α-hetero) is 2. The van der Waals surface area contributed by atoms with E-state index < -0.39 is 11.9 Å². The van der Waals surface area contributed by atoms with E-state index in [1.807, 2.05) is 6.07 Å². The Balaban J connectivity index is 1.99. The molecule has 2 rings (SSSR count). The molecule has 1 N–H and O–H groups in total. The van der Waals surface area contributed by atoms with E-state index in [1.165, 1.54) is 7.11 Å². The predicted octanol–water partition coefficient (Wildman–Crippen LogP) is 2.90. The van der Waals surface area contributed by atoms with E-state index in [9.17, 15) is 14.7 Å². The third kappa shape index (κ3) is 3.80. The molecule has 0 heterocycles. The first kappa shape index (κ1) is 15.9. The quantitative estimate of drug-likeness (QED) is 0.798. The van der Waals surface area contributed by atoms with Crippen LogP contribution in [0.25, 0.3) is 0 Å². The van der Waals surface area contributed by atoms with Crippen LogP contribution in [0.2, 0.25) is 0 Å². The number of carbonyl (C=O) groups is 2. The maximum Gasteiger partial charge on any atom is 0.194 e. The summed E-state index contributed by atoms with van der Waals surface area (Å²) < 4.78 is 5.11.